The monoisotopic (exact) mass is 294 g/mol. The van der Waals surface area contributed by atoms with Crippen molar-refractivity contribution in [3.8, 4) is 0 Å². The zero-order valence-electron chi connectivity index (χ0n) is 11.3. The van der Waals surface area contributed by atoms with Gasteiger partial charge in [0.2, 0.25) is 5.91 Å². The molecule has 1 saturated heterocycles. The maximum absolute atomic E-state index is 12.6. The lowest BCUT2D eigenvalue weighted by atomic mass is 9.84. The Labute approximate surface area is 116 Å². The van der Waals surface area contributed by atoms with Gasteiger partial charge in [-0.2, -0.15) is 13.2 Å². The first-order chi connectivity index (χ1) is 9.31. The number of halogens is 3. The lowest BCUT2D eigenvalue weighted by molar-refractivity contribution is -0.182. The molecule has 1 aliphatic carbocycles. The Hall–Kier alpha value is -0.820. The first-order valence-corrected chi connectivity index (χ1v) is 7.05. The molecule has 0 radical (unpaired) electrons. The number of nitrogens with one attached hydrogen (secondary N) is 1. The highest BCUT2D eigenvalue weighted by Gasteiger charge is 2.42. The van der Waals surface area contributed by atoms with E-state index in [4.69, 9.17) is 10.5 Å². The van der Waals surface area contributed by atoms with Gasteiger partial charge in [0.15, 0.2) is 0 Å². The van der Waals surface area contributed by atoms with Crippen LogP contribution >= 0.6 is 0 Å². The van der Waals surface area contributed by atoms with E-state index in [1.165, 1.54) is 0 Å². The van der Waals surface area contributed by atoms with Crippen LogP contribution in [0.15, 0.2) is 0 Å². The van der Waals surface area contributed by atoms with Gasteiger partial charge in [0, 0.05) is 19.3 Å². The van der Waals surface area contributed by atoms with Gasteiger partial charge in [0.1, 0.15) is 0 Å². The molecule has 1 amide bonds. The molecule has 0 unspecified atom stereocenters. The maximum Gasteiger partial charge on any atom is 0.391 e. The Morgan fingerprint density at radius 3 is 2.20 bits per heavy atom. The van der Waals surface area contributed by atoms with Crippen LogP contribution in [0.4, 0.5) is 13.2 Å². The summed E-state index contributed by atoms with van der Waals surface area (Å²) < 4.78 is 42.9. The number of amides is 1. The highest BCUT2D eigenvalue weighted by atomic mass is 19.4. The largest absolute Gasteiger partial charge is 0.391 e. The summed E-state index contributed by atoms with van der Waals surface area (Å²) in [7, 11) is 0. The van der Waals surface area contributed by atoms with Crippen molar-refractivity contribution in [1.82, 2.24) is 5.32 Å². The van der Waals surface area contributed by atoms with Gasteiger partial charge < -0.3 is 15.8 Å². The summed E-state index contributed by atoms with van der Waals surface area (Å²) in [5.74, 6) is -1.48. The molecule has 3 N–H and O–H groups in total. The smallest absolute Gasteiger partial charge is 0.381 e. The van der Waals surface area contributed by atoms with Crippen LogP contribution in [-0.2, 0) is 9.53 Å². The fourth-order valence-electron chi connectivity index (χ4n) is 2.86. The minimum atomic E-state index is -4.12. The molecule has 20 heavy (non-hydrogen) atoms. The predicted molar refractivity (Wildman–Crippen MR) is 66.9 cm³/mol. The second-order valence-corrected chi connectivity index (χ2v) is 5.83. The molecule has 1 heterocycles. The molecule has 0 aromatic rings. The normalized spacial score (nSPS) is 30.8. The van der Waals surface area contributed by atoms with E-state index in [-0.39, 0.29) is 24.8 Å². The molecule has 0 spiro atoms. The zero-order chi connectivity index (χ0) is 14.8. The molecule has 0 aromatic heterocycles. The average molecular weight is 294 g/mol. The molecular formula is C13H21F3N2O2. The Kier molecular flexibility index (Phi) is 4.59. The number of carbonyl (C=O) groups excluding carboxylic acids is 1. The van der Waals surface area contributed by atoms with Crippen LogP contribution in [0.2, 0.25) is 0 Å². The molecule has 1 saturated carbocycles. The van der Waals surface area contributed by atoms with Crippen LogP contribution in [0, 0.1) is 5.92 Å². The quantitative estimate of drug-likeness (QED) is 0.815. The van der Waals surface area contributed by atoms with E-state index in [9.17, 15) is 18.0 Å². The van der Waals surface area contributed by atoms with Crippen molar-refractivity contribution in [2.24, 2.45) is 11.7 Å². The fraction of sp³-hybridized carbons (Fsp3) is 0.923. The molecule has 2 aliphatic rings. The van der Waals surface area contributed by atoms with E-state index in [1.54, 1.807) is 0 Å². The maximum atomic E-state index is 12.6. The summed E-state index contributed by atoms with van der Waals surface area (Å²) in [5, 5.41) is 2.81. The summed E-state index contributed by atoms with van der Waals surface area (Å²) in [6.45, 7) is 0.898. The van der Waals surface area contributed by atoms with Crippen molar-refractivity contribution in [2.45, 2.75) is 56.3 Å². The highest BCUT2D eigenvalue weighted by Crippen LogP contribution is 2.37. The summed E-state index contributed by atoms with van der Waals surface area (Å²) >= 11 is 0. The molecule has 0 atom stereocenters. The van der Waals surface area contributed by atoms with Crippen LogP contribution < -0.4 is 11.1 Å². The molecule has 7 heteroatoms. The van der Waals surface area contributed by atoms with Crippen LogP contribution in [0.25, 0.3) is 0 Å². The average Bonchev–Trinajstić information content (AvgIpc) is 2.39. The predicted octanol–water partition coefficient (Wildman–Crippen LogP) is 1.73. The van der Waals surface area contributed by atoms with Gasteiger partial charge >= 0.3 is 6.18 Å². The number of hydrogen-bond acceptors (Lipinski definition) is 3. The summed E-state index contributed by atoms with van der Waals surface area (Å²) in [4.78, 5) is 12.2. The van der Waals surface area contributed by atoms with Crippen molar-refractivity contribution >= 4 is 5.91 Å². The number of nitrogens with two attached hydrogens (primary N) is 1. The van der Waals surface area contributed by atoms with E-state index in [0.717, 1.165) is 0 Å². The SMILES string of the molecule is NC1(C(=O)NC2CCC(C(F)(F)F)CC2)CCOCC1. The first-order valence-electron chi connectivity index (χ1n) is 7.05. The molecule has 0 bridgehead atoms. The van der Waals surface area contributed by atoms with Gasteiger partial charge in [-0.05, 0) is 38.5 Å². The van der Waals surface area contributed by atoms with Crippen molar-refractivity contribution in [3.63, 3.8) is 0 Å². The number of hydrogen-bond donors (Lipinski definition) is 2. The van der Waals surface area contributed by atoms with E-state index in [1.807, 2.05) is 0 Å². The molecule has 4 nitrogen and oxygen atoms in total. The Balaban J connectivity index is 1.82. The minimum absolute atomic E-state index is 0.0785. The number of rotatable bonds is 2. The van der Waals surface area contributed by atoms with Crippen LogP contribution in [0.1, 0.15) is 38.5 Å². The third kappa shape index (κ3) is 3.63. The lowest BCUT2D eigenvalue weighted by Gasteiger charge is -2.35. The summed E-state index contributed by atoms with van der Waals surface area (Å²) in [6.07, 6.45) is -2.33. The van der Waals surface area contributed by atoms with Crippen molar-refractivity contribution in [2.75, 3.05) is 13.2 Å². The molecule has 1 aliphatic heterocycles. The van der Waals surface area contributed by atoms with Crippen LogP contribution in [0.5, 0.6) is 0 Å². The van der Waals surface area contributed by atoms with Gasteiger partial charge in [0.05, 0.1) is 11.5 Å². The van der Waals surface area contributed by atoms with Crippen molar-refractivity contribution in [3.05, 3.63) is 0 Å². The van der Waals surface area contributed by atoms with Crippen molar-refractivity contribution in [1.29, 1.82) is 0 Å². The second-order valence-electron chi connectivity index (χ2n) is 5.83. The second kappa shape index (κ2) is 5.89. The van der Waals surface area contributed by atoms with Crippen LogP contribution in [-0.4, -0.2) is 36.9 Å². The number of alkyl halides is 3. The van der Waals surface area contributed by atoms with E-state index < -0.39 is 17.6 Å². The van der Waals surface area contributed by atoms with E-state index in [2.05, 4.69) is 5.32 Å². The van der Waals surface area contributed by atoms with Gasteiger partial charge in [0.25, 0.3) is 0 Å². The van der Waals surface area contributed by atoms with Crippen molar-refractivity contribution < 1.29 is 22.7 Å². The summed E-state index contributed by atoms with van der Waals surface area (Å²) in [5.41, 5.74) is 5.11. The van der Waals surface area contributed by atoms with E-state index in [0.29, 0.717) is 38.9 Å². The van der Waals surface area contributed by atoms with E-state index >= 15 is 0 Å². The molecule has 2 rings (SSSR count). The van der Waals surface area contributed by atoms with Gasteiger partial charge in [-0.1, -0.05) is 0 Å². The third-order valence-electron chi connectivity index (χ3n) is 4.36. The topological polar surface area (TPSA) is 64.4 Å². The molecule has 2 fully saturated rings. The van der Waals surface area contributed by atoms with Gasteiger partial charge in [-0.25, -0.2) is 0 Å². The first kappa shape index (κ1) is 15.6. The number of ether oxygens (including phenoxy) is 1. The molecular weight excluding hydrogens is 273 g/mol. The Bertz CT molecular complexity index is 346. The Morgan fingerprint density at radius 1 is 1.15 bits per heavy atom. The molecule has 116 valence electrons. The lowest BCUT2D eigenvalue weighted by Crippen LogP contribution is -2.59. The summed E-state index contributed by atoms with van der Waals surface area (Å²) in [6, 6.07) is -0.190. The standard InChI is InChI=1S/C13H21F3N2O2/c14-13(15,16)9-1-3-10(4-2-9)18-11(19)12(17)5-7-20-8-6-12/h9-10H,1-8,17H2,(H,18,19). The zero-order valence-corrected chi connectivity index (χ0v) is 11.3. The number of carbonyl (C=O) groups is 1. The molecule has 0 aromatic carbocycles. The third-order valence-corrected chi connectivity index (χ3v) is 4.36. The Morgan fingerprint density at radius 2 is 1.70 bits per heavy atom. The van der Waals surface area contributed by atoms with Crippen LogP contribution in [0.3, 0.4) is 0 Å². The minimum Gasteiger partial charge on any atom is -0.381 e. The fourth-order valence-corrected chi connectivity index (χ4v) is 2.86. The highest BCUT2D eigenvalue weighted by molar-refractivity contribution is 5.86. The van der Waals surface area contributed by atoms with Gasteiger partial charge in [-0.15, -0.1) is 0 Å². The van der Waals surface area contributed by atoms with Gasteiger partial charge in [-0.3, -0.25) is 4.79 Å².